The number of anilines is 1. The molecule has 0 spiro atoms. The average molecular weight is 237 g/mol. The molecule has 1 rings (SSSR count). The van der Waals surface area contributed by atoms with Gasteiger partial charge >= 0.3 is 0 Å². The van der Waals surface area contributed by atoms with Crippen LogP contribution in [0.2, 0.25) is 0 Å². The van der Waals surface area contributed by atoms with Gasteiger partial charge in [-0.1, -0.05) is 13.0 Å². The van der Waals surface area contributed by atoms with Gasteiger partial charge in [0.25, 0.3) is 5.69 Å². The highest BCUT2D eigenvalue weighted by Crippen LogP contribution is 2.17. The summed E-state index contributed by atoms with van der Waals surface area (Å²) in [5.41, 5.74) is 5.99. The van der Waals surface area contributed by atoms with Crippen LogP contribution in [0.15, 0.2) is 24.3 Å². The van der Waals surface area contributed by atoms with E-state index in [0.717, 1.165) is 0 Å². The van der Waals surface area contributed by atoms with Crippen molar-refractivity contribution in [1.82, 2.24) is 0 Å². The van der Waals surface area contributed by atoms with Crippen LogP contribution in [0.4, 0.5) is 11.4 Å². The molecular formula is C11H15N3O3. The van der Waals surface area contributed by atoms with E-state index in [-0.39, 0.29) is 24.1 Å². The first-order chi connectivity index (χ1) is 8.02. The molecule has 1 atom stereocenters. The zero-order valence-electron chi connectivity index (χ0n) is 9.55. The molecule has 6 heteroatoms. The summed E-state index contributed by atoms with van der Waals surface area (Å²) in [5.74, 6) is -0.236. The van der Waals surface area contributed by atoms with Crippen LogP contribution in [0.3, 0.4) is 0 Å². The summed E-state index contributed by atoms with van der Waals surface area (Å²) in [7, 11) is 0. The van der Waals surface area contributed by atoms with Crippen LogP contribution in [0, 0.1) is 10.1 Å². The maximum absolute atomic E-state index is 11.5. The Balaban J connectivity index is 2.65. The molecule has 0 fully saturated rings. The lowest BCUT2D eigenvalue weighted by atomic mass is 10.1. The maximum atomic E-state index is 11.5. The molecule has 0 aliphatic heterocycles. The molecule has 1 aromatic rings. The molecule has 1 aromatic carbocycles. The predicted molar refractivity (Wildman–Crippen MR) is 64.6 cm³/mol. The van der Waals surface area contributed by atoms with E-state index in [1.807, 2.05) is 6.92 Å². The summed E-state index contributed by atoms with van der Waals surface area (Å²) in [4.78, 5) is 21.5. The molecule has 17 heavy (non-hydrogen) atoms. The third kappa shape index (κ3) is 4.20. The van der Waals surface area contributed by atoms with Gasteiger partial charge in [-0.15, -0.1) is 0 Å². The van der Waals surface area contributed by atoms with Crippen LogP contribution in [0.25, 0.3) is 0 Å². The fraction of sp³-hybridized carbons (Fsp3) is 0.364. The summed E-state index contributed by atoms with van der Waals surface area (Å²) < 4.78 is 0. The first kappa shape index (κ1) is 13.1. The average Bonchev–Trinajstić information content (AvgIpc) is 2.28. The fourth-order valence-electron chi connectivity index (χ4n) is 1.29. The second-order valence-corrected chi connectivity index (χ2v) is 3.73. The normalized spacial score (nSPS) is 11.9. The number of rotatable bonds is 5. The van der Waals surface area contributed by atoms with E-state index in [4.69, 9.17) is 5.73 Å². The largest absolute Gasteiger partial charge is 0.327 e. The highest BCUT2D eigenvalue weighted by molar-refractivity contribution is 5.91. The van der Waals surface area contributed by atoms with Crippen LogP contribution in [-0.2, 0) is 4.79 Å². The number of non-ortho nitro benzene ring substituents is 1. The maximum Gasteiger partial charge on any atom is 0.271 e. The summed E-state index contributed by atoms with van der Waals surface area (Å²) in [6, 6.07) is 5.62. The van der Waals surface area contributed by atoms with Crippen molar-refractivity contribution in [3.8, 4) is 0 Å². The monoisotopic (exact) mass is 237 g/mol. The van der Waals surface area contributed by atoms with Crippen molar-refractivity contribution < 1.29 is 9.72 Å². The van der Waals surface area contributed by atoms with Crippen molar-refractivity contribution in [3.05, 3.63) is 34.4 Å². The van der Waals surface area contributed by atoms with Crippen LogP contribution in [0.5, 0.6) is 0 Å². The van der Waals surface area contributed by atoms with Gasteiger partial charge < -0.3 is 11.1 Å². The number of hydrogen-bond donors (Lipinski definition) is 2. The number of nitrogens with two attached hydrogens (primary N) is 1. The molecule has 92 valence electrons. The van der Waals surface area contributed by atoms with Gasteiger partial charge in [-0.25, -0.2) is 0 Å². The van der Waals surface area contributed by atoms with Gasteiger partial charge in [0.2, 0.25) is 5.91 Å². The lowest BCUT2D eigenvalue weighted by molar-refractivity contribution is -0.384. The third-order valence-corrected chi connectivity index (χ3v) is 2.31. The first-order valence-electron chi connectivity index (χ1n) is 5.32. The zero-order valence-corrected chi connectivity index (χ0v) is 9.55. The lowest BCUT2D eigenvalue weighted by Gasteiger charge is -2.09. The van der Waals surface area contributed by atoms with Gasteiger partial charge in [-0.2, -0.15) is 0 Å². The van der Waals surface area contributed by atoms with Gasteiger partial charge in [0.1, 0.15) is 0 Å². The number of nitro benzene ring substituents is 1. The number of nitrogens with one attached hydrogen (secondary N) is 1. The van der Waals surface area contributed by atoms with Gasteiger partial charge in [0.05, 0.1) is 4.92 Å². The minimum atomic E-state index is -0.507. The molecule has 3 N–H and O–H groups in total. The van der Waals surface area contributed by atoms with Crippen LogP contribution < -0.4 is 11.1 Å². The molecule has 0 aliphatic carbocycles. The molecule has 0 radical (unpaired) electrons. The minimum absolute atomic E-state index is 0.0532. The summed E-state index contributed by atoms with van der Waals surface area (Å²) >= 11 is 0. The minimum Gasteiger partial charge on any atom is -0.327 e. The van der Waals surface area contributed by atoms with Gasteiger partial charge in [0, 0.05) is 30.3 Å². The Labute approximate surface area is 99.0 Å². The number of carbonyl (C=O) groups is 1. The van der Waals surface area contributed by atoms with Gasteiger partial charge in [-0.3, -0.25) is 14.9 Å². The van der Waals surface area contributed by atoms with E-state index in [9.17, 15) is 14.9 Å². The van der Waals surface area contributed by atoms with E-state index in [1.165, 1.54) is 18.2 Å². The molecule has 0 aliphatic rings. The third-order valence-electron chi connectivity index (χ3n) is 2.31. The molecule has 1 unspecified atom stereocenters. The summed E-state index contributed by atoms with van der Waals surface area (Å²) in [6.07, 6.45) is 0.918. The number of carbonyl (C=O) groups excluding carboxylic acids is 1. The van der Waals surface area contributed by atoms with E-state index < -0.39 is 4.92 Å². The lowest BCUT2D eigenvalue weighted by Crippen LogP contribution is -2.26. The van der Waals surface area contributed by atoms with Crippen molar-refractivity contribution in [3.63, 3.8) is 0 Å². The summed E-state index contributed by atoms with van der Waals surface area (Å²) in [5, 5.41) is 13.1. The first-order valence-corrected chi connectivity index (χ1v) is 5.32. The second kappa shape index (κ2) is 5.95. The number of benzene rings is 1. The Morgan fingerprint density at radius 2 is 2.29 bits per heavy atom. The van der Waals surface area contributed by atoms with Crippen LogP contribution in [-0.4, -0.2) is 16.9 Å². The zero-order chi connectivity index (χ0) is 12.8. The highest BCUT2D eigenvalue weighted by atomic mass is 16.6. The Bertz CT molecular complexity index is 420. The Hall–Kier alpha value is -1.95. The van der Waals surface area contributed by atoms with E-state index in [1.54, 1.807) is 6.07 Å². The van der Waals surface area contributed by atoms with Gasteiger partial charge in [0.15, 0.2) is 0 Å². The van der Waals surface area contributed by atoms with Crippen molar-refractivity contribution >= 4 is 17.3 Å². The van der Waals surface area contributed by atoms with Crippen molar-refractivity contribution in [2.45, 2.75) is 25.8 Å². The van der Waals surface area contributed by atoms with Crippen LogP contribution in [0.1, 0.15) is 19.8 Å². The number of nitro groups is 1. The van der Waals surface area contributed by atoms with Crippen molar-refractivity contribution in [1.29, 1.82) is 0 Å². The topological polar surface area (TPSA) is 98.3 Å². The number of nitrogens with zero attached hydrogens (tertiary/aromatic N) is 1. The van der Waals surface area contributed by atoms with E-state index in [2.05, 4.69) is 5.32 Å². The standard InChI is InChI=1S/C11H15N3O3/c1-2-8(12)6-11(15)13-9-4-3-5-10(7-9)14(16)17/h3-5,7-8H,2,6,12H2,1H3,(H,13,15). The molecule has 0 aromatic heterocycles. The van der Waals surface area contributed by atoms with Gasteiger partial charge in [-0.05, 0) is 12.5 Å². The molecule has 0 saturated heterocycles. The second-order valence-electron chi connectivity index (χ2n) is 3.73. The van der Waals surface area contributed by atoms with E-state index >= 15 is 0 Å². The van der Waals surface area contributed by atoms with Crippen molar-refractivity contribution in [2.75, 3.05) is 5.32 Å². The fourth-order valence-corrected chi connectivity index (χ4v) is 1.29. The number of amides is 1. The summed E-state index contributed by atoms with van der Waals surface area (Å²) in [6.45, 7) is 1.89. The SMILES string of the molecule is CCC(N)CC(=O)Nc1cccc([N+](=O)[O-])c1. The molecular weight excluding hydrogens is 222 g/mol. The molecule has 6 nitrogen and oxygen atoms in total. The smallest absolute Gasteiger partial charge is 0.271 e. The molecule has 0 bridgehead atoms. The molecule has 0 saturated carbocycles. The molecule has 0 heterocycles. The van der Waals surface area contributed by atoms with Crippen LogP contribution >= 0.6 is 0 Å². The van der Waals surface area contributed by atoms with E-state index in [0.29, 0.717) is 12.1 Å². The number of hydrogen-bond acceptors (Lipinski definition) is 4. The van der Waals surface area contributed by atoms with Crippen molar-refractivity contribution in [2.24, 2.45) is 5.73 Å². The Kier molecular flexibility index (Phi) is 4.59. The quantitative estimate of drug-likeness (QED) is 0.601. The Morgan fingerprint density at radius 3 is 2.88 bits per heavy atom. The predicted octanol–water partition coefficient (Wildman–Crippen LogP) is 1.66. The molecule has 1 amide bonds. The Morgan fingerprint density at radius 1 is 1.59 bits per heavy atom. The highest BCUT2D eigenvalue weighted by Gasteiger charge is 2.10.